The fourth-order valence-electron chi connectivity index (χ4n) is 3.23. The van der Waals surface area contributed by atoms with Crippen LogP contribution in [0, 0.1) is 0 Å². The van der Waals surface area contributed by atoms with Crippen molar-refractivity contribution in [1.29, 1.82) is 0 Å². The molecule has 1 unspecified atom stereocenters. The summed E-state index contributed by atoms with van der Waals surface area (Å²) in [5, 5.41) is 0. The first-order chi connectivity index (χ1) is 12.7. The summed E-state index contributed by atoms with van der Waals surface area (Å²) in [5.41, 5.74) is 0. The summed E-state index contributed by atoms with van der Waals surface area (Å²) >= 11 is 0. The van der Waals surface area contributed by atoms with E-state index in [1.54, 1.807) is 13.2 Å². The largest absolute Gasteiger partial charge is 0.497 e. The predicted octanol–water partition coefficient (Wildman–Crippen LogP) is 1.02. The second-order valence-corrected chi connectivity index (χ2v) is 6.57. The zero-order valence-electron chi connectivity index (χ0n) is 15.4. The van der Waals surface area contributed by atoms with Crippen molar-refractivity contribution in [3.8, 4) is 11.5 Å². The molecule has 0 spiro atoms. The minimum Gasteiger partial charge on any atom is -0.497 e. The van der Waals surface area contributed by atoms with Crippen LogP contribution in [0.4, 0.5) is 0 Å². The Morgan fingerprint density at radius 3 is 2.81 bits per heavy atom. The molecule has 1 atom stereocenters. The third kappa shape index (κ3) is 5.59. The van der Waals surface area contributed by atoms with Crippen molar-refractivity contribution in [2.45, 2.75) is 12.5 Å². The van der Waals surface area contributed by atoms with Gasteiger partial charge in [-0.25, -0.2) is 0 Å². The third-order valence-corrected chi connectivity index (χ3v) is 4.67. The molecule has 0 aromatic heterocycles. The van der Waals surface area contributed by atoms with Gasteiger partial charge in [0.2, 0.25) is 0 Å². The average molecular weight is 364 g/mol. The quantitative estimate of drug-likeness (QED) is 0.751. The molecule has 26 heavy (non-hydrogen) atoms. The number of amides is 1. The van der Waals surface area contributed by atoms with E-state index in [-0.39, 0.29) is 18.6 Å². The van der Waals surface area contributed by atoms with E-state index in [0.29, 0.717) is 31.2 Å². The van der Waals surface area contributed by atoms with Crippen LogP contribution in [0.1, 0.15) is 6.42 Å². The van der Waals surface area contributed by atoms with Gasteiger partial charge in [0, 0.05) is 45.4 Å². The minimum atomic E-state index is -0.00898. The fourth-order valence-corrected chi connectivity index (χ4v) is 3.23. The lowest BCUT2D eigenvalue weighted by Gasteiger charge is -2.31. The summed E-state index contributed by atoms with van der Waals surface area (Å²) < 4.78 is 22.2. The van der Waals surface area contributed by atoms with Gasteiger partial charge in [0.25, 0.3) is 5.91 Å². The molecule has 0 aliphatic carbocycles. The Morgan fingerprint density at radius 1 is 1.19 bits per heavy atom. The Morgan fingerprint density at radius 2 is 2.00 bits per heavy atom. The second kappa shape index (κ2) is 9.75. The first kappa shape index (κ1) is 18.9. The number of methoxy groups -OCH3 is 1. The molecule has 0 radical (unpaired) electrons. The number of carbonyl (C=O) groups excluding carboxylic acids is 1. The van der Waals surface area contributed by atoms with Gasteiger partial charge in [-0.15, -0.1) is 0 Å². The lowest BCUT2D eigenvalue weighted by Crippen LogP contribution is -2.46. The maximum Gasteiger partial charge on any atom is 0.260 e. The molecule has 0 bridgehead atoms. The van der Waals surface area contributed by atoms with Crippen molar-refractivity contribution in [3.63, 3.8) is 0 Å². The van der Waals surface area contributed by atoms with Gasteiger partial charge in [0.15, 0.2) is 6.61 Å². The average Bonchev–Trinajstić information content (AvgIpc) is 2.93. The van der Waals surface area contributed by atoms with Crippen molar-refractivity contribution in [1.82, 2.24) is 9.80 Å². The highest BCUT2D eigenvalue weighted by atomic mass is 16.5. The molecule has 1 amide bonds. The Hall–Kier alpha value is -1.83. The van der Waals surface area contributed by atoms with E-state index in [1.807, 2.05) is 23.1 Å². The van der Waals surface area contributed by atoms with Crippen molar-refractivity contribution in [2.24, 2.45) is 0 Å². The van der Waals surface area contributed by atoms with Crippen LogP contribution in [0.15, 0.2) is 24.3 Å². The van der Waals surface area contributed by atoms with E-state index in [1.165, 1.54) is 0 Å². The van der Waals surface area contributed by atoms with Gasteiger partial charge < -0.3 is 23.8 Å². The monoisotopic (exact) mass is 364 g/mol. The highest BCUT2D eigenvalue weighted by Crippen LogP contribution is 2.19. The number of ether oxygens (including phenoxy) is 4. The zero-order chi connectivity index (χ0) is 18.2. The Bertz CT molecular complexity index is 577. The third-order valence-electron chi connectivity index (χ3n) is 4.67. The van der Waals surface area contributed by atoms with Crippen LogP contribution < -0.4 is 9.47 Å². The molecule has 144 valence electrons. The lowest BCUT2D eigenvalue weighted by atomic mass is 10.2. The van der Waals surface area contributed by atoms with E-state index >= 15 is 0 Å². The predicted molar refractivity (Wildman–Crippen MR) is 96.7 cm³/mol. The number of hydrogen-bond donors (Lipinski definition) is 0. The fraction of sp³-hybridized carbons (Fsp3) is 0.632. The van der Waals surface area contributed by atoms with Gasteiger partial charge in [0.05, 0.1) is 26.4 Å². The van der Waals surface area contributed by atoms with Crippen molar-refractivity contribution < 1.29 is 23.7 Å². The number of morpholine rings is 1. The second-order valence-electron chi connectivity index (χ2n) is 6.57. The summed E-state index contributed by atoms with van der Waals surface area (Å²) in [4.78, 5) is 16.8. The maximum absolute atomic E-state index is 12.6. The van der Waals surface area contributed by atoms with E-state index < -0.39 is 0 Å². The van der Waals surface area contributed by atoms with Gasteiger partial charge in [0.1, 0.15) is 11.5 Å². The van der Waals surface area contributed by atoms with Crippen molar-refractivity contribution in [2.75, 3.05) is 66.3 Å². The molecule has 2 aliphatic rings. The Balaban J connectivity index is 1.50. The van der Waals surface area contributed by atoms with Crippen LogP contribution in [0.3, 0.4) is 0 Å². The minimum absolute atomic E-state index is 0.00898. The molecule has 0 N–H and O–H groups in total. The lowest BCUT2D eigenvalue weighted by molar-refractivity contribution is -0.134. The zero-order valence-corrected chi connectivity index (χ0v) is 15.4. The first-order valence-electron chi connectivity index (χ1n) is 9.21. The number of rotatable bonds is 6. The topological polar surface area (TPSA) is 60.5 Å². The molecule has 2 aliphatic heterocycles. The number of nitrogens with zero attached hydrogens (tertiary/aromatic N) is 2. The molecule has 1 aromatic carbocycles. The summed E-state index contributed by atoms with van der Waals surface area (Å²) in [6, 6.07) is 7.29. The summed E-state index contributed by atoms with van der Waals surface area (Å²) in [6.45, 7) is 6.25. The van der Waals surface area contributed by atoms with E-state index in [0.717, 1.165) is 39.3 Å². The molecule has 7 nitrogen and oxygen atoms in total. The Kier molecular flexibility index (Phi) is 7.11. The molecule has 3 rings (SSSR count). The number of carbonyl (C=O) groups is 1. The normalized spacial score (nSPS) is 21.9. The highest BCUT2D eigenvalue weighted by Gasteiger charge is 2.25. The summed E-state index contributed by atoms with van der Waals surface area (Å²) in [7, 11) is 1.61. The van der Waals surface area contributed by atoms with Gasteiger partial charge >= 0.3 is 0 Å². The molecule has 1 aromatic rings. The summed E-state index contributed by atoms with van der Waals surface area (Å²) in [5.74, 6) is 1.34. The SMILES string of the molecule is COc1cccc(OCC(=O)N2CCCOC(CN3CCOCC3)C2)c1. The molecule has 2 fully saturated rings. The van der Waals surface area contributed by atoms with Gasteiger partial charge in [-0.3, -0.25) is 9.69 Å². The smallest absolute Gasteiger partial charge is 0.260 e. The number of hydrogen-bond acceptors (Lipinski definition) is 6. The van der Waals surface area contributed by atoms with E-state index in [2.05, 4.69) is 4.90 Å². The Labute approximate surface area is 154 Å². The van der Waals surface area contributed by atoms with Crippen LogP contribution in [-0.4, -0.2) is 88.1 Å². The molecule has 7 heteroatoms. The van der Waals surface area contributed by atoms with Crippen LogP contribution in [0.2, 0.25) is 0 Å². The molecule has 0 saturated carbocycles. The van der Waals surface area contributed by atoms with Crippen LogP contribution >= 0.6 is 0 Å². The highest BCUT2D eigenvalue weighted by molar-refractivity contribution is 5.77. The van der Waals surface area contributed by atoms with Gasteiger partial charge in [-0.1, -0.05) is 6.07 Å². The molecule has 2 saturated heterocycles. The number of benzene rings is 1. The van der Waals surface area contributed by atoms with Gasteiger partial charge in [-0.2, -0.15) is 0 Å². The van der Waals surface area contributed by atoms with E-state index in [9.17, 15) is 4.79 Å². The standard InChI is InChI=1S/C19H28N2O5/c1-23-16-4-2-5-17(12-16)26-15-19(22)21-6-3-9-25-18(14-21)13-20-7-10-24-11-8-20/h2,4-5,12,18H,3,6-11,13-15H2,1H3. The van der Waals surface area contributed by atoms with Crippen LogP contribution in [-0.2, 0) is 14.3 Å². The molecular weight excluding hydrogens is 336 g/mol. The molecule has 2 heterocycles. The summed E-state index contributed by atoms with van der Waals surface area (Å²) in [6.07, 6.45) is 0.890. The van der Waals surface area contributed by atoms with Gasteiger partial charge in [-0.05, 0) is 18.6 Å². The van der Waals surface area contributed by atoms with E-state index in [4.69, 9.17) is 18.9 Å². The van der Waals surface area contributed by atoms with Crippen molar-refractivity contribution >= 4 is 5.91 Å². The van der Waals surface area contributed by atoms with Crippen molar-refractivity contribution in [3.05, 3.63) is 24.3 Å². The first-order valence-corrected chi connectivity index (χ1v) is 9.21. The molecular formula is C19H28N2O5. The van der Waals surface area contributed by atoms with Crippen LogP contribution in [0.25, 0.3) is 0 Å². The van der Waals surface area contributed by atoms with Crippen LogP contribution in [0.5, 0.6) is 11.5 Å². The maximum atomic E-state index is 12.6.